The first-order valence-corrected chi connectivity index (χ1v) is 9.17. The lowest BCUT2D eigenvalue weighted by molar-refractivity contribution is 0.730. The minimum absolute atomic E-state index is 0.0724. The van der Waals surface area contributed by atoms with Crippen molar-refractivity contribution in [3.63, 3.8) is 0 Å². The van der Waals surface area contributed by atoms with Gasteiger partial charge in [-0.2, -0.15) is 0 Å². The number of para-hydroxylation sites is 1. The molecule has 6 heteroatoms. The van der Waals surface area contributed by atoms with Crippen LogP contribution in [0.15, 0.2) is 65.7 Å². The summed E-state index contributed by atoms with van der Waals surface area (Å²) in [5.74, 6) is 1.32. The van der Waals surface area contributed by atoms with Crippen LogP contribution in [-0.2, 0) is 0 Å². The van der Waals surface area contributed by atoms with E-state index < -0.39 is 0 Å². The molecule has 0 radical (unpaired) electrons. The molecule has 4 aromatic rings. The molecule has 0 bridgehead atoms. The van der Waals surface area contributed by atoms with Crippen molar-refractivity contribution in [2.24, 2.45) is 0 Å². The Morgan fingerprint density at radius 1 is 1.00 bits per heavy atom. The molecule has 0 saturated heterocycles. The number of aromatic nitrogens is 4. The van der Waals surface area contributed by atoms with E-state index in [0.29, 0.717) is 22.5 Å². The molecule has 0 fully saturated rings. The van der Waals surface area contributed by atoms with Gasteiger partial charge in [0.2, 0.25) is 0 Å². The van der Waals surface area contributed by atoms with Gasteiger partial charge in [-0.3, -0.25) is 9.36 Å². The van der Waals surface area contributed by atoms with Gasteiger partial charge in [-0.1, -0.05) is 30.3 Å². The molecule has 0 aliphatic heterocycles. The van der Waals surface area contributed by atoms with E-state index in [2.05, 4.69) is 15.3 Å². The fraction of sp³-hybridized carbons (Fsp3) is 0.182. The van der Waals surface area contributed by atoms with Crippen LogP contribution in [0.25, 0.3) is 16.6 Å². The minimum Gasteiger partial charge on any atom is -0.360 e. The molecule has 0 amide bonds. The van der Waals surface area contributed by atoms with Gasteiger partial charge >= 0.3 is 0 Å². The number of benzene rings is 2. The summed E-state index contributed by atoms with van der Waals surface area (Å²) in [6.07, 6.45) is 1.52. The molecule has 0 aliphatic rings. The highest BCUT2D eigenvalue weighted by Gasteiger charge is 2.19. The number of anilines is 1. The lowest BCUT2D eigenvalue weighted by atomic mass is 10.1. The maximum absolute atomic E-state index is 13.5. The van der Waals surface area contributed by atoms with Crippen LogP contribution in [0.1, 0.15) is 30.0 Å². The number of nitrogens with zero attached hydrogens (tertiary/aromatic N) is 4. The third kappa shape index (κ3) is 3.24. The maximum Gasteiger partial charge on any atom is 0.266 e. The maximum atomic E-state index is 13.5. The Labute approximate surface area is 162 Å². The summed E-state index contributed by atoms with van der Waals surface area (Å²) >= 11 is 0. The van der Waals surface area contributed by atoms with E-state index in [1.807, 2.05) is 75.4 Å². The largest absolute Gasteiger partial charge is 0.360 e. The van der Waals surface area contributed by atoms with Gasteiger partial charge in [0.1, 0.15) is 18.0 Å². The van der Waals surface area contributed by atoms with Gasteiger partial charge in [-0.15, -0.1) is 0 Å². The summed E-state index contributed by atoms with van der Waals surface area (Å²) in [6, 6.07) is 17.0. The summed E-state index contributed by atoms with van der Waals surface area (Å²) in [5.41, 5.74) is 3.19. The molecular formula is C22H21N5O. The highest BCUT2D eigenvalue weighted by atomic mass is 16.1. The van der Waals surface area contributed by atoms with Crippen molar-refractivity contribution in [3.05, 3.63) is 88.4 Å². The molecule has 2 aromatic carbocycles. The Morgan fingerprint density at radius 3 is 2.54 bits per heavy atom. The Kier molecular flexibility index (Phi) is 4.61. The minimum atomic E-state index is -0.243. The Morgan fingerprint density at radius 2 is 1.79 bits per heavy atom. The highest BCUT2D eigenvalue weighted by Crippen LogP contribution is 2.22. The van der Waals surface area contributed by atoms with Gasteiger partial charge in [0.25, 0.3) is 5.56 Å². The topological polar surface area (TPSA) is 72.7 Å². The molecular weight excluding hydrogens is 350 g/mol. The lowest BCUT2D eigenvalue weighted by Crippen LogP contribution is -2.27. The fourth-order valence-electron chi connectivity index (χ4n) is 3.35. The quantitative estimate of drug-likeness (QED) is 0.588. The number of hydrogen-bond acceptors (Lipinski definition) is 5. The van der Waals surface area contributed by atoms with Crippen LogP contribution >= 0.6 is 0 Å². The van der Waals surface area contributed by atoms with E-state index >= 15 is 0 Å². The van der Waals surface area contributed by atoms with Gasteiger partial charge in [0.15, 0.2) is 0 Å². The molecule has 28 heavy (non-hydrogen) atoms. The third-order valence-electron chi connectivity index (χ3n) is 4.70. The van der Waals surface area contributed by atoms with E-state index in [1.54, 1.807) is 4.57 Å². The van der Waals surface area contributed by atoms with E-state index in [4.69, 9.17) is 4.98 Å². The van der Waals surface area contributed by atoms with Crippen LogP contribution in [0.3, 0.4) is 0 Å². The number of rotatable bonds is 4. The highest BCUT2D eigenvalue weighted by molar-refractivity contribution is 5.81. The monoisotopic (exact) mass is 371 g/mol. The summed E-state index contributed by atoms with van der Waals surface area (Å²) in [4.78, 5) is 26.7. The zero-order valence-electron chi connectivity index (χ0n) is 16.0. The van der Waals surface area contributed by atoms with Crippen LogP contribution < -0.4 is 10.9 Å². The van der Waals surface area contributed by atoms with Crippen LogP contribution in [0.2, 0.25) is 0 Å². The van der Waals surface area contributed by atoms with Crippen molar-refractivity contribution in [3.8, 4) is 5.69 Å². The predicted octanol–water partition coefficient (Wildman–Crippen LogP) is 3.97. The first-order chi connectivity index (χ1) is 13.5. The predicted molar refractivity (Wildman–Crippen MR) is 111 cm³/mol. The van der Waals surface area contributed by atoms with Crippen molar-refractivity contribution in [2.75, 3.05) is 5.32 Å². The first kappa shape index (κ1) is 17.9. The molecule has 1 unspecified atom stereocenters. The van der Waals surface area contributed by atoms with Crippen LogP contribution in [-0.4, -0.2) is 19.5 Å². The van der Waals surface area contributed by atoms with E-state index in [1.165, 1.54) is 6.33 Å². The average molecular weight is 371 g/mol. The second kappa shape index (κ2) is 7.23. The molecule has 0 aliphatic carbocycles. The summed E-state index contributed by atoms with van der Waals surface area (Å²) in [5, 5.41) is 3.98. The van der Waals surface area contributed by atoms with Crippen molar-refractivity contribution >= 4 is 16.7 Å². The summed E-state index contributed by atoms with van der Waals surface area (Å²) < 4.78 is 1.68. The van der Waals surface area contributed by atoms with Gasteiger partial charge in [0.05, 0.1) is 22.6 Å². The molecule has 2 heterocycles. The normalized spacial score (nSPS) is 12.1. The molecule has 0 spiro atoms. The molecule has 0 saturated carbocycles. The van der Waals surface area contributed by atoms with Crippen molar-refractivity contribution in [1.82, 2.24) is 19.5 Å². The SMILES string of the molecule is Cc1cc(NC(C)c2nc3cccc(C)c3c(=O)n2-c2ccccc2)ncn1. The van der Waals surface area contributed by atoms with E-state index in [0.717, 1.165) is 16.9 Å². The number of fused-ring (bicyclic) bond motifs is 1. The molecule has 2 aromatic heterocycles. The molecule has 6 nitrogen and oxygen atoms in total. The smallest absolute Gasteiger partial charge is 0.266 e. The number of nitrogens with one attached hydrogen (secondary N) is 1. The van der Waals surface area contributed by atoms with E-state index in [-0.39, 0.29) is 11.6 Å². The van der Waals surface area contributed by atoms with Crippen molar-refractivity contribution in [1.29, 1.82) is 0 Å². The van der Waals surface area contributed by atoms with Crippen LogP contribution in [0.4, 0.5) is 5.82 Å². The van der Waals surface area contributed by atoms with Crippen molar-refractivity contribution < 1.29 is 0 Å². The average Bonchev–Trinajstić information content (AvgIpc) is 2.68. The van der Waals surface area contributed by atoms with Crippen LogP contribution in [0, 0.1) is 13.8 Å². The lowest BCUT2D eigenvalue weighted by Gasteiger charge is -2.20. The Bertz CT molecular complexity index is 1200. The molecule has 4 rings (SSSR count). The van der Waals surface area contributed by atoms with E-state index in [9.17, 15) is 4.79 Å². The molecule has 140 valence electrons. The zero-order chi connectivity index (χ0) is 19.7. The van der Waals surface area contributed by atoms with Gasteiger partial charge in [-0.25, -0.2) is 15.0 Å². The Balaban J connectivity index is 1.92. The molecule has 1 atom stereocenters. The third-order valence-corrected chi connectivity index (χ3v) is 4.70. The molecule has 1 N–H and O–H groups in total. The van der Waals surface area contributed by atoms with Gasteiger partial charge in [-0.05, 0) is 44.5 Å². The second-order valence-electron chi connectivity index (χ2n) is 6.83. The van der Waals surface area contributed by atoms with Crippen molar-refractivity contribution in [2.45, 2.75) is 26.8 Å². The summed E-state index contributed by atoms with van der Waals surface area (Å²) in [7, 11) is 0. The van der Waals surface area contributed by atoms with Gasteiger partial charge in [0, 0.05) is 11.8 Å². The zero-order valence-corrected chi connectivity index (χ0v) is 16.0. The van der Waals surface area contributed by atoms with Gasteiger partial charge < -0.3 is 5.32 Å². The number of aryl methyl sites for hydroxylation is 2. The standard InChI is InChI=1S/C22H21N5O/c1-14-8-7-11-18-20(14)22(28)27(17-9-5-4-6-10-17)21(26-18)16(3)25-19-12-15(2)23-13-24-19/h4-13,16H,1-3H3,(H,23,24,25). The Hall–Kier alpha value is -3.54. The van der Waals surface area contributed by atoms with Crippen LogP contribution in [0.5, 0.6) is 0 Å². The second-order valence-corrected chi connectivity index (χ2v) is 6.83. The fourth-order valence-corrected chi connectivity index (χ4v) is 3.35. The number of hydrogen-bond donors (Lipinski definition) is 1. The first-order valence-electron chi connectivity index (χ1n) is 9.17. The summed E-state index contributed by atoms with van der Waals surface area (Å²) in [6.45, 7) is 5.82.